The van der Waals surface area contributed by atoms with Gasteiger partial charge in [-0.3, -0.25) is 0 Å². The topological polar surface area (TPSA) is 21.3 Å². The molecular formula is C21H28ClNO. The maximum absolute atomic E-state index is 6.47. The second-order valence-corrected chi connectivity index (χ2v) is 5.65. The molecule has 130 valence electrons. The predicted octanol–water partition coefficient (Wildman–Crippen LogP) is 4.94. The number of nitrogens with one attached hydrogen (secondary N) is 1. The van der Waals surface area contributed by atoms with Crippen molar-refractivity contribution in [1.29, 1.82) is 0 Å². The monoisotopic (exact) mass is 345 g/mol. The van der Waals surface area contributed by atoms with Crippen molar-refractivity contribution in [2.75, 3.05) is 19.7 Å². The average Bonchev–Trinajstić information content (AvgIpc) is 2.63. The van der Waals surface area contributed by atoms with E-state index in [0.29, 0.717) is 0 Å². The van der Waals surface area contributed by atoms with E-state index < -0.39 is 5.60 Å². The SMILES string of the molecule is C=CCNCCC(OCCC)(c1ccccc1)c1ccccc1.Cl. The van der Waals surface area contributed by atoms with Crippen LogP contribution < -0.4 is 5.32 Å². The molecule has 0 aliphatic carbocycles. The molecule has 0 unspecified atom stereocenters. The van der Waals surface area contributed by atoms with Crippen LogP contribution in [0, 0.1) is 0 Å². The van der Waals surface area contributed by atoms with Gasteiger partial charge in [-0.25, -0.2) is 0 Å². The van der Waals surface area contributed by atoms with Crippen LogP contribution in [0.25, 0.3) is 0 Å². The highest BCUT2D eigenvalue weighted by atomic mass is 35.5. The Morgan fingerprint density at radius 3 is 2.00 bits per heavy atom. The highest BCUT2D eigenvalue weighted by Crippen LogP contribution is 2.37. The Labute approximate surface area is 152 Å². The molecule has 0 aliphatic rings. The van der Waals surface area contributed by atoms with E-state index in [0.717, 1.165) is 32.5 Å². The summed E-state index contributed by atoms with van der Waals surface area (Å²) in [6.07, 6.45) is 3.77. The molecule has 0 saturated heterocycles. The molecule has 0 amide bonds. The number of halogens is 1. The van der Waals surface area contributed by atoms with Gasteiger partial charge in [0.15, 0.2) is 0 Å². The van der Waals surface area contributed by atoms with Gasteiger partial charge in [0.25, 0.3) is 0 Å². The largest absolute Gasteiger partial charge is 0.366 e. The first kappa shape index (κ1) is 20.4. The molecule has 0 spiro atoms. The van der Waals surface area contributed by atoms with Crippen molar-refractivity contribution in [2.24, 2.45) is 0 Å². The molecule has 1 N–H and O–H groups in total. The van der Waals surface area contributed by atoms with Crippen molar-refractivity contribution in [1.82, 2.24) is 5.32 Å². The normalized spacial score (nSPS) is 10.9. The summed E-state index contributed by atoms with van der Waals surface area (Å²) in [6.45, 7) is 8.35. The molecular weight excluding hydrogens is 318 g/mol. The third-order valence-electron chi connectivity index (χ3n) is 3.98. The first-order valence-corrected chi connectivity index (χ1v) is 8.40. The Morgan fingerprint density at radius 1 is 1.00 bits per heavy atom. The Balaban J connectivity index is 0.00000288. The summed E-state index contributed by atoms with van der Waals surface area (Å²) in [7, 11) is 0. The molecule has 0 bridgehead atoms. The summed E-state index contributed by atoms with van der Waals surface area (Å²) in [6, 6.07) is 21.1. The van der Waals surface area contributed by atoms with Gasteiger partial charge in [0.05, 0.1) is 0 Å². The number of hydrogen-bond donors (Lipinski definition) is 1. The minimum absolute atomic E-state index is 0. The maximum atomic E-state index is 6.47. The van der Waals surface area contributed by atoms with Gasteiger partial charge in [-0.2, -0.15) is 0 Å². The van der Waals surface area contributed by atoms with E-state index in [4.69, 9.17) is 4.74 Å². The van der Waals surface area contributed by atoms with Crippen molar-refractivity contribution >= 4 is 12.4 Å². The first-order valence-electron chi connectivity index (χ1n) is 8.40. The highest BCUT2D eigenvalue weighted by molar-refractivity contribution is 5.85. The van der Waals surface area contributed by atoms with Gasteiger partial charge >= 0.3 is 0 Å². The summed E-state index contributed by atoms with van der Waals surface area (Å²) < 4.78 is 6.47. The molecule has 2 aromatic rings. The maximum Gasteiger partial charge on any atom is 0.119 e. The molecule has 24 heavy (non-hydrogen) atoms. The highest BCUT2D eigenvalue weighted by Gasteiger charge is 2.34. The van der Waals surface area contributed by atoms with E-state index >= 15 is 0 Å². The first-order chi connectivity index (χ1) is 11.3. The minimum Gasteiger partial charge on any atom is -0.366 e. The fourth-order valence-corrected chi connectivity index (χ4v) is 2.85. The van der Waals surface area contributed by atoms with E-state index in [9.17, 15) is 0 Å². The van der Waals surface area contributed by atoms with Crippen molar-refractivity contribution in [2.45, 2.75) is 25.4 Å². The van der Waals surface area contributed by atoms with Crippen LogP contribution in [0.4, 0.5) is 0 Å². The van der Waals surface area contributed by atoms with Gasteiger partial charge in [-0.15, -0.1) is 19.0 Å². The summed E-state index contributed by atoms with van der Waals surface area (Å²) in [5.74, 6) is 0. The molecule has 0 saturated carbocycles. The lowest BCUT2D eigenvalue weighted by atomic mass is 9.83. The zero-order valence-electron chi connectivity index (χ0n) is 14.4. The Kier molecular flexibility index (Phi) is 9.39. The van der Waals surface area contributed by atoms with Gasteiger partial charge < -0.3 is 10.1 Å². The standard InChI is InChI=1S/C21H27NO.ClH/c1-3-16-22-17-15-21(23-18-4-2,19-11-7-5-8-12-19)20-13-9-6-10-14-20;/h3,5-14,22H,1,4,15-18H2,2H3;1H. The molecule has 0 aromatic heterocycles. The Hall–Kier alpha value is -1.61. The van der Waals surface area contributed by atoms with Crippen LogP contribution in [0.15, 0.2) is 73.3 Å². The summed E-state index contributed by atoms with van der Waals surface area (Å²) in [5, 5.41) is 3.41. The van der Waals surface area contributed by atoms with Crippen molar-refractivity contribution in [3.8, 4) is 0 Å². The molecule has 2 rings (SSSR count). The van der Waals surface area contributed by atoms with Gasteiger partial charge in [-0.05, 0) is 30.5 Å². The molecule has 0 fully saturated rings. The molecule has 3 heteroatoms. The summed E-state index contributed by atoms with van der Waals surface area (Å²) in [4.78, 5) is 0. The second kappa shape index (κ2) is 11.0. The van der Waals surface area contributed by atoms with Crippen LogP contribution in [-0.4, -0.2) is 19.7 Å². The Bertz CT molecular complexity index is 531. The smallest absolute Gasteiger partial charge is 0.119 e. The van der Waals surface area contributed by atoms with Gasteiger partial charge in [0, 0.05) is 13.2 Å². The van der Waals surface area contributed by atoms with Gasteiger partial charge in [-0.1, -0.05) is 73.7 Å². The van der Waals surface area contributed by atoms with Gasteiger partial charge in [0.1, 0.15) is 5.60 Å². The number of benzene rings is 2. The molecule has 0 aliphatic heterocycles. The van der Waals surface area contributed by atoms with Crippen LogP contribution >= 0.6 is 12.4 Å². The lowest BCUT2D eigenvalue weighted by Gasteiger charge is -2.35. The molecule has 2 nitrogen and oxygen atoms in total. The third kappa shape index (κ3) is 5.20. The third-order valence-corrected chi connectivity index (χ3v) is 3.98. The van der Waals surface area contributed by atoms with Gasteiger partial charge in [0.2, 0.25) is 0 Å². The number of ether oxygens (including phenoxy) is 1. The van der Waals surface area contributed by atoms with E-state index in [1.807, 2.05) is 6.08 Å². The Morgan fingerprint density at radius 2 is 1.54 bits per heavy atom. The summed E-state index contributed by atoms with van der Waals surface area (Å²) >= 11 is 0. The minimum atomic E-state index is -0.410. The molecule has 0 heterocycles. The van der Waals surface area contributed by atoms with Crippen molar-refractivity contribution < 1.29 is 4.74 Å². The van der Waals surface area contributed by atoms with E-state index in [1.165, 1.54) is 11.1 Å². The van der Waals surface area contributed by atoms with Crippen LogP contribution in [0.5, 0.6) is 0 Å². The van der Waals surface area contributed by atoms with Crippen LogP contribution in [0.1, 0.15) is 30.9 Å². The number of rotatable bonds is 10. The quantitative estimate of drug-likeness (QED) is 0.486. The zero-order valence-corrected chi connectivity index (χ0v) is 15.2. The van der Waals surface area contributed by atoms with Crippen LogP contribution in [0.3, 0.4) is 0 Å². The van der Waals surface area contributed by atoms with Crippen molar-refractivity contribution in [3.63, 3.8) is 0 Å². The van der Waals surface area contributed by atoms with E-state index in [-0.39, 0.29) is 12.4 Å². The predicted molar refractivity (Wildman–Crippen MR) is 105 cm³/mol. The fraction of sp³-hybridized carbons (Fsp3) is 0.333. The van der Waals surface area contributed by atoms with E-state index in [1.54, 1.807) is 0 Å². The lowest BCUT2D eigenvalue weighted by molar-refractivity contribution is -0.0241. The fourth-order valence-electron chi connectivity index (χ4n) is 2.85. The molecule has 2 aromatic carbocycles. The van der Waals surface area contributed by atoms with Crippen molar-refractivity contribution in [3.05, 3.63) is 84.4 Å². The average molecular weight is 346 g/mol. The number of hydrogen-bond acceptors (Lipinski definition) is 2. The van der Waals surface area contributed by atoms with Crippen LogP contribution in [-0.2, 0) is 10.3 Å². The van der Waals surface area contributed by atoms with Crippen LogP contribution in [0.2, 0.25) is 0 Å². The summed E-state index contributed by atoms with van der Waals surface area (Å²) in [5.41, 5.74) is 2.01. The lowest BCUT2D eigenvalue weighted by Crippen LogP contribution is -2.35. The zero-order chi connectivity index (χ0) is 16.4. The molecule has 0 atom stereocenters. The second-order valence-electron chi connectivity index (χ2n) is 5.65. The molecule has 0 radical (unpaired) electrons. The van der Waals surface area contributed by atoms with E-state index in [2.05, 4.69) is 79.5 Å².